The molecule has 1 N–H and O–H groups in total. The van der Waals surface area contributed by atoms with E-state index in [9.17, 15) is 9.59 Å². The molecule has 138 valence electrons. The molecule has 1 saturated carbocycles. The Hall–Kier alpha value is -1.99. The number of nitrogens with one attached hydrogen (secondary N) is 1. The Morgan fingerprint density at radius 3 is 2.73 bits per heavy atom. The first-order chi connectivity index (χ1) is 12.6. The highest BCUT2D eigenvalue weighted by Gasteiger charge is 2.34. The molecule has 0 spiro atoms. The van der Waals surface area contributed by atoms with E-state index in [4.69, 9.17) is 4.74 Å². The minimum Gasteiger partial charge on any atom is -0.381 e. The minimum atomic E-state index is 0.00183. The van der Waals surface area contributed by atoms with E-state index < -0.39 is 0 Å². The minimum absolute atomic E-state index is 0.00183. The first kappa shape index (κ1) is 17.4. The van der Waals surface area contributed by atoms with Crippen LogP contribution in [-0.4, -0.2) is 48.0 Å². The molecule has 1 aromatic carbocycles. The average Bonchev–Trinajstić information content (AvgIpc) is 3.02. The summed E-state index contributed by atoms with van der Waals surface area (Å²) in [6, 6.07) is 5.59. The number of fused-ring (bicyclic) bond motifs is 1. The van der Waals surface area contributed by atoms with Crippen LogP contribution in [0.15, 0.2) is 18.2 Å². The molecule has 1 aromatic heterocycles. The number of benzene rings is 1. The fraction of sp³-hybridized carbons (Fsp3) is 0.526. The molecule has 2 fully saturated rings. The zero-order chi connectivity index (χ0) is 18.1. The molecule has 4 rings (SSSR count). The third-order valence-corrected chi connectivity index (χ3v) is 6.24. The smallest absolute Gasteiger partial charge is 0.253 e. The first-order valence-corrected chi connectivity index (χ1v) is 9.99. The molecule has 0 bridgehead atoms. The number of aromatic nitrogens is 1. The molecule has 0 unspecified atom stereocenters. The van der Waals surface area contributed by atoms with Crippen molar-refractivity contribution < 1.29 is 14.3 Å². The fourth-order valence-electron chi connectivity index (χ4n) is 3.57. The average molecular weight is 373 g/mol. The van der Waals surface area contributed by atoms with Gasteiger partial charge in [0.1, 0.15) is 0 Å². The number of rotatable bonds is 4. The Balaban J connectivity index is 1.45. The highest BCUT2D eigenvalue weighted by molar-refractivity contribution is 7.22. The van der Waals surface area contributed by atoms with E-state index in [1.54, 1.807) is 7.11 Å². The molecule has 6 nitrogen and oxygen atoms in total. The number of thiazole rings is 1. The lowest BCUT2D eigenvalue weighted by atomic mass is 9.82. The number of piperidine rings is 1. The zero-order valence-electron chi connectivity index (χ0n) is 14.9. The molecule has 2 amide bonds. The number of methoxy groups -OCH3 is 1. The second kappa shape index (κ2) is 7.32. The second-order valence-electron chi connectivity index (χ2n) is 7.07. The maximum absolute atomic E-state index is 12.7. The lowest BCUT2D eigenvalue weighted by Crippen LogP contribution is -2.38. The number of carbonyl (C=O) groups is 2. The lowest BCUT2D eigenvalue weighted by molar-refractivity contribution is -0.127. The Bertz CT molecular complexity index is 823. The topological polar surface area (TPSA) is 71.5 Å². The predicted molar refractivity (Wildman–Crippen MR) is 102 cm³/mol. The molecular weight excluding hydrogens is 350 g/mol. The zero-order valence-corrected chi connectivity index (χ0v) is 15.7. The van der Waals surface area contributed by atoms with Gasteiger partial charge in [0, 0.05) is 31.7 Å². The van der Waals surface area contributed by atoms with Gasteiger partial charge in [0.15, 0.2) is 5.13 Å². The largest absolute Gasteiger partial charge is 0.381 e. The van der Waals surface area contributed by atoms with Crippen molar-refractivity contribution in [2.45, 2.75) is 38.2 Å². The second-order valence-corrected chi connectivity index (χ2v) is 8.10. The molecular formula is C19H23N3O3S. The van der Waals surface area contributed by atoms with Crippen LogP contribution in [0.5, 0.6) is 0 Å². The highest BCUT2D eigenvalue weighted by atomic mass is 32.1. The van der Waals surface area contributed by atoms with Crippen LogP contribution in [-0.2, 0) is 9.53 Å². The van der Waals surface area contributed by atoms with E-state index in [2.05, 4.69) is 10.3 Å². The molecule has 2 aliphatic rings. The van der Waals surface area contributed by atoms with Gasteiger partial charge in [-0.1, -0.05) is 11.3 Å². The van der Waals surface area contributed by atoms with Gasteiger partial charge < -0.3 is 15.0 Å². The summed E-state index contributed by atoms with van der Waals surface area (Å²) in [5.41, 5.74) is 1.51. The molecule has 2 aromatic rings. The third-order valence-electron chi connectivity index (χ3n) is 5.31. The van der Waals surface area contributed by atoms with Crippen LogP contribution in [0, 0.1) is 5.92 Å². The molecule has 7 heteroatoms. The summed E-state index contributed by atoms with van der Waals surface area (Å²) in [7, 11) is 1.68. The van der Waals surface area contributed by atoms with Crippen LogP contribution < -0.4 is 5.32 Å². The summed E-state index contributed by atoms with van der Waals surface area (Å²) in [6.45, 7) is 1.68. The Labute approximate surface area is 156 Å². The highest BCUT2D eigenvalue weighted by Crippen LogP contribution is 2.32. The number of hydrogen-bond acceptors (Lipinski definition) is 5. The Morgan fingerprint density at radius 1 is 1.23 bits per heavy atom. The summed E-state index contributed by atoms with van der Waals surface area (Å²) in [4.78, 5) is 31.3. The standard InChI is InChI=1S/C19H23N3O3S/c1-25-14-9-13(10-14)17(23)21-19-20-15-6-5-12(11-16(15)26-19)18(24)22-7-3-2-4-8-22/h5-6,11,13-14H,2-4,7-10H2,1H3,(H,20,21,23). The lowest BCUT2D eigenvalue weighted by Gasteiger charge is -2.32. The van der Waals surface area contributed by atoms with Crippen LogP contribution in [0.3, 0.4) is 0 Å². The van der Waals surface area contributed by atoms with Crippen LogP contribution in [0.2, 0.25) is 0 Å². The molecule has 0 atom stereocenters. The van der Waals surface area contributed by atoms with Gasteiger partial charge in [-0.25, -0.2) is 4.98 Å². The van der Waals surface area contributed by atoms with Gasteiger partial charge in [-0.15, -0.1) is 0 Å². The Morgan fingerprint density at radius 2 is 2.00 bits per heavy atom. The van der Waals surface area contributed by atoms with E-state index in [1.165, 1.54) is 17.8 Å². The number of nitrogens with zero attached hydrogens (tertiary/aromatic N) is 2. The number of carbonyl (C=O) groups excluding carboxylic acids is 2. The third kappa shape index (κ3) is 3.46. The molecule has 1 aliphatic carbocycles. The van der Waals surface area contributed by atoms with Gasteiger partial charge in [0.2, 0.25) is 5.91 Å². The number of ether oxygens (including phenoxy) is 1. The summed E-state index contributed by atoms with van der Waals surface area (Å²) in [6.07, 6.45) is 5.09. The van der Waals surface area contributed by atoms with E-state index in [-0.39, 0.29) is 23.8 Å². The molecule has 1 aliphatic heterocycles. The van der Waals surface area contributed by atoms with Crippen LogP contribution >= 0.6 is 11.3 Å². The number of amides is 2. The maximum Gasteiger partial charge on any atom is 0.253 e. The molecule has 2 heterocycles. The molecule has 1 saturated heterocycles. The van der Waals surface area contributed by atoms with Crippen molar-refractivity contribution in [3.05, 3.63) is 23.8 Å². The number of likely N-dealkylation sites (tertiary alicyclic amines) is 1. The maximum atomic E-state index is 12.7. The summed E-state index contributed by atoms with van der Waals surface area (Å²) in [5, 5.41) is 3.50. The van der Waals surface area contributed by atoms with Gasteiger partial charge in [0.05, 0.1) is 16.3 Å². The van der Waals surface area contributed by atoms with Crippen LogP contribution in [0.25, 0.3) is 10.2 Å². The van der Waals surface area contributed by atoms with E-state index in [0.29, 0.717) is 10.7 Å². The van der Waals surface area contributed by atoms with E-state index in [0.717, 1.165) is 49.0 Å². The van der Waals surface area contributed by atoms with Crippen molar-refractivity contribution in [3.63, 3.8) is 0 Å². The summed E-state index contributed by atoms with van der Waals surface area (Å²) < 4.78 is 6.14. The van der Waals surface area contributed by atoms with Crippen molar-refractivity contribution in [2.24, 2.45) is 5.92 Å². The predicted octanol–water partition coefficient (Wildman–Crippen LogP) is 3.29. The van der Waals surface area contributed by atoms with Crippen molar-refractivity contribution in [2.75, 3.05) is 25.5 Å². The van der Waals surface area contributed by atoms with Gasteiger partial charge in [0.25, 0.3) is 5.91 Å². The van der Waals surface area contributed by atoms with Gasteiger partial charge in [-0.2, -0.15) is 0 Å². The van der Waals surface area contributed by atoms with Crippen molar-refractivity contribution in [1.29, 1.82) is 0 Å². The fourth-order valence-corrected chi connectivity index (χ4v) is 4.48. The van der Waals surface area contributed by atoms with Crippen molar-refractivity contribution in [3.8, 4) is 0 Å². The summed E-state index contributed by atoms with van der Waals surface area (Å²) >= 11 is 1.42. The van der Waals surface area contributed by atoms with E-state index >= 15 is 0 Å². The summed E-state index contributed by atoms with van der Waals surface area (Å²) in [5.74, 6) is 0.0934. The normalized spacial score (nSPS) is 22.9. The van der Waals surface area contributed by atoms with E-state index in [1.807, 2.05) is 23.1 Å². The SMILES string of the molecule is COC1CC(C(=O)Nc2nc3ccc(C(=O)N4CCCCC4)cc3s2)C1. The number of hydrogen-bond donors (Lipinski definition) is 1. The van der Waals surface area contributed by atoms with Crippen LogP contribution in [0.1, 0.15) is 42.5 Å². The van der Waals surface area contributed by atoms with Gasteiger partial charge in [-0.3, -0.25) is 9.59 Å². The van der Waals surface area contributed by atoms with Crippen molar-refractivity contribution in [1.82, 2.24) is 9.88 Å². The molecule has 26 heavy (non-hydrogen) atoms. The molecule has 0 radical (unpaired) electrons. The quantitative estimate of drug-likeness (QED) is 0.893. The van der Waals surface area contributed by atoms with Gasteiger partial charge in [-0.05, 0) is 50.3 Å². The van der Waals surface area contributed by atoms with Crippen LogP contribution in [0.4, 0.5) is 5.13 Å². The Kier molecular flexibility index (Phi) is 4.91. The van der Waals surface area contributed by atoms with Gasteiger partial charge >= 0.3 is 0 Å². The first-order valence-electron chi connectivity index (χ1n) is 9.17. The van der Waals surface area contributed by atoms with Crippen molar-refractivity contribution >= 4 is 38.5 Å². The monoisotopic (exact) mass is 373 g/mol. The number of anilines is 1.